The van der Waals surface area contributed by atoms with Gasteiger partial charge in [-0.25, -0.2) is 14.2 Å². The molecular formula is C26H19FN2O3S. The summed E-state index contributed by atoms with van der Waals surface area (Å²) in [5.74, 6) is -1.35. The maximum absolute atomic E-state index is 14.3. The number of carboxylic acids is 1. The van der Waals surface area contributed by atoms with Crippen LogP contribution in [0.15, 0.2) is 87.3 Å². The normalized spacial score (nSPS) is 12.0. The lowest BCUT2D eigenvalue weighted by Crippen LogP contribution is -2.04. The molecule has 0 aliphatic carbocycles. The highest BCUT2D eigenvalue weighted by atomic mass is 32.2. The van der Waals surface area contributed by atoms with Crippen molar-refractivity contribution in [3.8, 4) is 0 Å². The second kappa shape index (κ2) is 8.60. The zero-order valence-corrected chi connectivity index (χ0v) is 18.5. The first-order chi connectivity index (χ1) is 16.0. The monoisotopic (exact) mass is 458 g/mol. The highest BCUT2D eigenvalue weighted by molar-refractivity contribution is 8.03. The molecule has 0 aliphatic rings. The van der Waals surface area contributed by atoms with Crippen molar-refractivity contribution in [2.75, 3.05) is 0 Å². The summed E-state index contributed by atoms with van der Waals surface area (Å²) in [5.41, 5.74) is 4.35. The van der Waals surface area contributed by atoms with E-state index >= 15 is 0 Å². The molecule has 5 nitrogen and oxygen atoms in total. The number of carbonyl (C=O) groups is 1. The minimum Gasteiger partial charge on any atom is -0.477 e. The molecule has 2 aromatic heterocycles. The van der Waals surface area contributed by atoms with Gasteiger partial charge in [-0.1, -0.05) is 48.5 Å². The SMILES string of the molecule is Cc1c(/C=C(\Sc2nc3ccccc3o2)C(=O)O)c2ccccc2n1Cc1ccccc1F. The fourth-order valence-corrected chi connectivity index (χ4v) is 4.62. The number of rotatable bonds is 6. The van der Waals surface area contributed by atoms with E-state index in [1.807, 2.05) is 54.0 Å². The van der Waals surface area contributed by atoms with Gasteiger partial charge in [0, 0.05) is 27.7 Å². The minimum atomic E-state index is -1.08. The average molecular weight is 459 g/mol. The molecule has 0 aliphatic heterocycles. The summed E-state index contributed by atoms with van der Waals surface area (Å²) in [4.78, 5) is 16.6. The largest absolute Gasteiger partial charge is 0.477 e. The lowest BCUT2D eigenvalue weighted by Gasteiger charge is -2.09. The van der Waals surface area contributed by atoms with Crippen LogP contribution < -0.4 is 0 Å². The van der Waals surface area contributed by atoms with E-state index in [9.17, 15) is 14.3 Å². The standard InChI is InChI=1S/C26H19FN2O3S/c1-16-19(14-24(25(30)31)33-26-28-21-11-5-7-13-23(21)32-26)18-9-3-6-12-22(18)29(16)15-17-8-2-4-10-20(17)27/h2-14H,15H2,1H3,(H,30,31)/b24-14-. The first-order valence-corrected chi connectivity index (χ1v) is 11.1. The summed E-state index contributed by atoms with van der Waals surface area (Å²) in [7, 11) is 0. The van der Waals surface area contributed by atoms with Gasteiger partial charge in [-0.05, 0) is 49.0 Å². The third-order valence-corrected chi connectivity index (χ3v) is 6.39. The Morgan fingerprint density at radius 3 is 2.61 bits per heavy atom. The van der Waals surface area contributed by atoms with Crippen LogP contribution in [0, 0.1) is 12.7 Å². The summed E-state index contributed by atoms with van der Waals surface area (Å²) in [6, 6.07) is 21.7. The molecular weight excluding hydrogens is 439 g/mol. The molecule has 0 unspecified atom stereocenters. The van der Waals surface area contributed by atoms with E-state index in [4.69, 9.17) is 4.42 Å². The van der Waals surface area contributed by atoms with Crippen LogP contribution in [0.5, 0.6) is 0 Å². The van der Waals surface area contributed by atoms with Crippen molar-refractivity contribution in [2.24, 2.45) is 0 Å². The van der Waals surface area contributed by atoms with Gasteiger partial charge in [0.1, 0.15) is 16.2 Å². The Hall–Kier alpha value is -3.84. The Bertz CT molecular complexity index is 1500. The van der Waals surface area contributed by atoms with Gasteiger partial charge in [0.2, 0.25) is 0 Å². The summed E-state index contributed by atoms with van der Waals surface area (Å²) in [6.45, 7) is 2.25. The van der Waals surface area contributed by atoms with Gasteiger partial charge in [0.05, 0.1) is 6.54 Å². The maximum atomic E-state index is 14.3. The Labute approximate surface area is 193 Å². The first-order valence-electron chi connectivity index (χ1n) is 10.3. The molecule has 1 N–H and O–H groups in total. The van der Waals surface area contributed by atoms with Gasteiger partial charge in [-0.2, -0.15) is 0 Å². The highest BCUT2D eigenvalue weighted by Gasteiger charge is 2.19. The number of aromatic nitrogens is 2. The summed E-state index contributed by atoms with van der Waals surface area (Å²) in [5, 5.41) is 11.1. The second-order valence-electron chi connectivity index (χ2n) is 7.56. The molecule has 0 atom stereocenters. The molecule has 2 heterocycles. The van der Waals surface area contributed by atoms with E-state index in [0.29, 0.717) is 23.2 Å². The molecule has 0 saturated carbocycles. The van der Waals surface area contributed by atoms with Crippen LogP contribution in [-0.4, -0.2) is 20.6 Å². The quantitative estimate of drug-likeness (QED) is 0.232. The molecule has 5 aromatic rings. The van der Waals surface area contributed by atoms with E-state index in [-0.39, 0.29) is 15.9 Å². The van der Waals surface area contributed by atoms with Crippen molar-refractivity contribution in [1.29, 1.82) is 0 Å². The Kier molecular flexibility index (Phi) is 5.48. The van der Waals surface area contributed by atoms with Crippen LogP contribution in [0.25, 0.3) is 28.1 Å². The number of hydrogen-bond acceptors (Lipinski definition) is 4. The zero-order valence-electron chi connectivity index (χ0n) is 17.7. The van der Waals surface area contributed by atoms with E-state index in [0.717, 1.165) is 33.9 Å². The Morgan fingerprint density at radius 1 is 1.09 bits per heavy atom. The number of carboxylic acid groups (broad SMARTS) is 1. The van der Waals surface area contributed by atoms with Gasteiger partial charge in [0.25, 0.3) is 5.22 Å². The Balaban J connectivity index is 1.59. The first kappa shape index (κ1) is 21.0. The number of oxazole rings is 1. The molecule has 0 saturated heterocycles. The van der Waals surface area contributed by atoms with E-state index < -0.39 is 5.97 Å². The molecule has 3 aromatic carbocycles. The van der Waals surface area contributed by atoms with Gasteiger partial charge in [-0.3, -0.25) is 0 Å². The van der Waals surface area contributed by atoms with Crippen LogP contribution in [-0.2, 0) is 11.3 Å². The third kappa shape index (κ3) is 4.03. The molecule has 33 heavy (non-hydrogen) atoms. The molecule has 7 heteroatoms. The van der Waals surface area contributed by atoms with E-state index in [1.165, 1.54) is 6.07 Å². The highest BCUT2D eigenvalue weighted by Crippen LogP contribution is 2.34. The summed E-state index contributed by atoms with van der Waals surface area (Å²) < 4.78 is 22.0. The van der Waals surface area contributed by atoms with Gasteiger partial charge in [0.15, 0.2) is 5.58 Å². The number of thioether (sulfide) groups is 1. The molecule has 0 bridgehead atoms. The van der Waals surface area contributed by atoms with E-state index in [2.05, 4.69) is 4.98 Å². The number of hydrogen-bond donors (Lipinski definition) is 1. The zero-order chi connectivity index (χ0) is 22.9. The third-order valence-electron chi connectivity index (χ3n) is 5.52. The molecule has 164 valence electrons. The van der Waals surface area contributed by atoms with Crippen LogP contribution in [0.1, 0.15) is 16.8 Å². The van der Waals surface area contributed by atoms with E-state index in [1.54, 1.807) is 30.3 Å². The lowest BCUT2D eigenvalue weighted by molar-refractivity contribution is -0.131. The molecule has 0 fully saturated rings. The molecule has 0 spiro atoms. The molecule has 5 rings (SSSR count). The van der Waals surface area contributed by atoms with Crippen LogP contribution in [0.3, 0.4) is 0 Å². The van der Waals surface area contributed by atoms with Crippen LogP contribution in [0.2, 0.25) is 0 Å². The fraction of sp³-hybridized carbons (Fsp3) is 0.0769. The number of nitrogens with zero attached hydrogens (tertiary/aromatic N) is 2. The van der Waals surface area contributed by atoms with Crippen molar-refractivity contribution in [3.05, 3.63) is 100 Å². The second-order valence-corrected chi connectivity index (χ2v) is 8.55. The molecule has 0 radical (unpaired) electrons. The lowest BCUT2D eigenvalue weighted by atomic mass is 10.1. The fourth-order valence-electron chi connectivity index (χ4n) is 3.90. The van der Waals surface area contributed by atoms with Gasteiger partial charge in [-0.15, -0.1) is 0 Å². The van der Waals surface area contributed by atoms with Crippen molar-refractivity contribution < 1.29 is 18.7 Å². The smallest absolute Gasteiger partial charge is 0.342 e. The van der Waals surface area contributed by atoms with Crippen molar-refractivity contribution >= 4 is 45.8 Å². The number of para-hydroxylation sites is 3. The summed E-state index contributed by atoms with van der Waals surface area (Å²) >= 11 is 0.965. The van der Waals surface area contributed by atoms with Crippen LogP contribution in [0.4, 0.5) is 4.39 Å². The van der Waals surface area contributed by atoms with Gasteiger partial charge < -0.3 is 14.1 Å². The predicted octanol–water partition coefficient (Wildman–Crippen LogP) is 6.50. The molecule has 0 amide bonds. The number of aliphatic carboxylic acids is 1. The number of benzene rings is 3. The van der Waals surface area contributed by atoms with Crippen molar-refractivity contribution in [2.45, 2.75) is 18.7 Å². The topological polar surface area (TPSA) is 68.3 Å². The van der Waals surface area contributed by atoms with Crippen LogP contribution >= 0.6 is 11.8 Å². The summed E-state index contributed by atoms with van der Waals surface area (Å²) in [6.07, 6.45) is 1.64. The Morgan fingerprint density at radius 2 is 1.82 bits per heavy atom. The number of halogens is 1. The minimum absolute atomic E-state index is 0.0819. The number of fused-ring (bicyclic) bond motifs is 2. The van der Waals surface area contributed by atoms with Crippen molar-refractivity contribution in [1.82, 2.24) is 9.55 Å². The van der Waals surface area contributed by atoms with Crippen molar-refractivity contribution in [3.63, 3.8) is 0 Å². The van der Waals surface area contributed by atoms with Gasteiger partial charge >= 0.3 is 5.97 Å². The predicted molar refractivity (Wildman–Crippen MR) is 128 cm³/mol. The maximum Gasteiger partial charge on any atom is 0.342 e. The average Bonchev–Trinajstić information content (AvgIpc) is 3.34.